The molecule has 0 aliphatic carbocycles. The maximum Gasteiger partial charge on any atom is 0.411 e. The van der Waals surface area contributed by atoms with Gasteiger partial charge in [-0.1, -0.05) is 26.0 Å². The average molecular weight is 486 g/mol. The number of benzene rings is 2. The van der Waals surface area contributed by atoms with Gasteiger partial charge in [0.25, 0.3) is 5.91 Å². The lowest BCUT2D eigenvalue weighted by molar-refractivity contribution is 0.102. The van der Waals surface area contributed by atoms with E-state index < -0.39 is 22.0 Å². The molecule has 10 heteroatoms. The zero-order valence-electron chi connectivity index (χ0n) is 19.1. The van der Waals surface area contributed by atoms with E-state index in [1.54, 1.807) is 49.4 Å². The van der Waals surface area contributed by atoms with Crippen LogP contribution in [0.4, 0.5) is 16.2 Å². The van der Waals surface area contributed by atoms with Gasteiger partial charge < -0.3 is 14.5 Å². The molecule has 3 N–H and O–H groups in total. The second kappa shape index (κ2) is 11.0. The number of carbonyl (C=O) groups excluding carboxylic acids is 2. The van der Waals surface area contributed by atoms with E-state index in [1.165, 1.54) is 18.4 Å². The van der Waals surface area contributed by atoms with Crippen molar-refractivity contribution < 1.29 is 27.2 Å². The first kappa shape index (κ1) is 25.0. The number of carbonyl (C=O) groups is 2. The van der Waals surface area contributed by atoms with Crippen molar-refractivity contribution in [1.82, 2.24) is 4.72 Å². The second-order valence-electron chi connectivity index (χ2n) is 8.03. The Hall–Kier alpha value is -3.63. The van der Waals surface area contributed by atoms with Gasteiger partial charge >= 0.3 is 6.09 Å². The Kier molecular flexibility index (Phi) is 8.08. The molecule has 0 unspecified atom stereocenters. The molecule has 9 nitrogen and oxygen atoms in total. The molecular weight excluding hydrogens is 458 g/mol. The van der Waals surface area contributed by atoms with Crippen LogP contribution in [0.2, 0.25) is 0 Å². The number of nitrogens with one attached hydrogen (secondary N) is 3. The SMILES string of the molecule is Cc1ccc(S(=O)(=O)NCc2ccco2)cc1C(=O)Nc1cccc(NC(=O)OCC(C)C)c1. The molecule has 2 aromatic carbocycles. The number of sulfonamides is 1. The number of hydrogen-bond donors (Lipinski definition) is 3. The largest absolute Gasteiger partial charge is 0.468 e. The van der Waals surface area contributed by atoms with Crippen LogP contribution in [0.25, 0.3) is 0 Å². The Morgan fingerprint density at radius 3 is 2.41 bits per heavy atom. The summed E-state index contributed by atoms with van der Waals surface area (Å²) in [6, 6.07) is 14.2. The smallest absolute Gasteiger partial charge is 0.411 e. The molecule has 0 bridgehead atoms. The van der Waals surface area contributed by atoms with Crippen LogP contribution in [0.1, 0.15) is 35.5 Å². The van der Waals surface area contributed by atoms with Crippen molar-refractivity contribution >= 4 is 33.4 Å². The maximum absolute atomic E-state index is 12.9. The molecule has 0 aliphatic rings. The number of anilines is 2. The highest BCUT2D eigenvalue weighted by molar-refractivity contribution is 7.89. The highest BCUT2D eigenvalue weighted by atomic mass is 32.2. The van der Waals surface area contributed by atoms with Crippen LogP contribution in [0.15, 0.2) is 70.2 Å². The van der Waals surface area contributed by atoms with Gasteiger partial charge in [-0.15, -0.1) is 0 Å². The molecule has 0 aliphatic heterocycles. The van der Waals surface area contributed by atoms with Crippen LogP contribution >= 0.6 is 0 Å². The van der Waals surface area contributed by atoms with Gasteiger partial charge in [0.05, 0.1) is 24.3 Å². The fourth-order valence-corrected chi connectivity index (χ4v) is 3.96. The monoisotopic (exact) mass is 485 g/mol. The normalized spacial score (nSPS) is 11.3. The first-order chi connectivity index (χ1) is 16.1. The van der Waals surface area contributed by atoms with Gasteiger partial charge in [0.2, 0.25) is 10.0 Å². The fraction of sp³-hybridized carbons (Fsp3) is 0.250. The Balaban J connectivity index is 1.70. The molecule has 3 aromatic rings. The predicted octanol–water partition coefficient (Wildman–Crippen LogP) is 4.52. The molecule has 0 radical (unpaired) electrons. The highest BCUT2D eigenvalue weighted by Gasteiger charge is 2.19. The number of amides is 2. The highest BCUT2D eigenvalue weighted by Crippen LogP contribution is 2.20. The molecule has 0 fully saturated rings. The third-order valence-corrected chi connectivity index (χ3v) is 6.09. The summed E-state index contributed by atoms with van der Waals surface area (Å²) in [4.78, 5) is 24.8. The Morgan fingerprint density at radius 2 is 1.74 bits per heavy atom. The summed E-state index contributed by atoms with van der Waals surface area (Å²) in [5.74, 6) is 0.190. The molecule has 0 saturated carbocycles. The zero-order chi connectivity index (χ0) is 24.7. The molecule has 0 atom stereocenters. The van der Waals surface area contributed by atoms with E-state index in [2.05, 4.69) is 15.4 Å². The van der Waals surface area contributed by atoms with Crippen molar-refractivity contribution in [3.05, 3.63) is 77.7 Å². The standard InChI is InChI=1S/C24H27N3O6S/c1-16(2)15-33-24(29)27-19-7-4-6-18(12-19)26-23(28)22-13-21(10-9-17(22)3)34(30,31)25-14-20-8-5-11-32-20/h4-13,16,25H,14-15H2,1-3H3,(H,26,28)(H,27,29). The molecular formula is C24H27N3O6S. The van der Waals surface area contributed by atoms with Gasteiger partial charge in [0, 0.05) is 16.9 Å². The van der Waals surface area contributed by atoms with Crippen molar-refractivity contribution in [1.29, 1.82) is 0 Å². The fourth-order valence-electron chi connectivity index (χ4n) is 2.94. The molecule has 1 aromatic heterocycles. The summed E-state index contributed by atoms with van der Waals surface area (Å²) in [5.41, 5.74) is 1.68. The summed E-state index contributed by atoms with van der Waals surface area (Å²) in [7, 11) is -3.87. The summed E-state index contributed by atoms with van der Waals surface area (Å²) in [5, 5.41) is 5.34. The van der Waals surface area contributed by atoms with Gasteiger partial charge in [-0.25, -0.2) is 17.9 Å². The summed E-state index contributed by atoms with van der Waals surface area (Å²) in [6.45, 7) is 5.85. The molecule has 0 saturated heterocycles. The maximum atomic E-state index is 12.9. The molecule has 3 rings (SSSR count). The van der Waals surface area contributed by atoms with Crippen molar-refractivity contribution in [2.75, 3.05) is 17.2 Å². The minimum Gasteiger partial charge on any atom is -0.468 e. The Labute approximate surface area is 198 Å². The Morgan fingerprint density at radius 1 is 1.00 bits per heavy atom. The molecule has 34 heavy (non-hydrogen) atoms. The van der Waals surface area contributed by atoms with Crippen LogP contribution in [0.3, 0.4) is 0 Å². The van der Waals surface area contributed by atoms with E-state index in [9.17, 15) is 18.0 Å². The quantitative estimate of drug-likeness (QED) is 0.409. The van der Waals surface area contributed by atoms with E-state index in [0.717, 1.165) is 0 Å². The summed E-state index contributed by atoms with van der Waals surface area (Å²) >= 11 is 0. The Bertz CT molecular complexity index is 1250. The van der Waals surface area contributed by atoms with Crippen molar-refractivity contribution in [2.24, 2.45) is 5.92 Å². The minimum atomic E-state index is -3.87. The van der Waals surface area contributed by atoms with Crippen LogP contribution in [-0.4, -0.2) is 27.0 Å². The van der Waals surface area contributed by atoms with Gasteiger partial charge in [-0.05, 0) is 60.9 Å². The lowest BCUT2D eigenvalue weighted by Crippen LogP contribution is -2.24. The van der Waals surface area contributed by atoms with Gasteiger partial charge in [0.1, 0.15) is 5.76 Å². The second-order valence-corrected chi connectivity index (χ2v) is 9.80. The topological polar surface area (TPSA) is 127 Å². The lowest BCUT2D eigenvalue weighted by atomic mass is 10.1. The molecule has 180 valence electrons. The van der Waals surface area contributed by atoms with Gasteiger partial charge in [0.15, 0.2) is 0 Å². The number of furan rings is 1. The third kappa shape index (κ3) is 6.93. The van der Waals surface area contributed by atoms with Crippen molar-refractivity contribution in [2.45, 2.75) is 32.2 Å². The lowest BCUT2D eigenvalue weighted by Gasteiger charge is -2.12. The van der Waals surface area contributed by atoms with E-state index in [1.807, 2.05) is 13.8 Å². The number of ether oxygens (including phenoxy) is 1. The third-order valence-electron chi connectivity index (χ3n) is 4.70. The van der Waals surface area contributed by atoms with E-state index >= 15 is 0 Å². The average Bonchev–Trinajstić information content (AvgIpc) is 3.30. The minimum absolute atomic E-state index is 0.00979. The van der Waals surface area contributed by atoms with E-state index in [0.29, 0.717) is 22.7 Å². The van der Waals surface area contributed by atoms with Crippen molar-refractivity contribution in [3.8, 4) is 0 Å². The first-order valence-electron chi connectivity index (χ1n) is 10.6. The first-order valence-corrected chi connectivity index (χ1v) is 12.1. The molecule has 2 amide bonds. The summed E-state index contributed by atoms with van der Waals surface area (Å²) < 4.78 is 38.0. The molecule has 0 spiro atoms. The van der Waals surface area contributed by atoms with E-state index in [4.69, 9.17) is 9.15 Å². The van der Waals surface area contributed by atoms with Crippen LogP contribution in [0, 0.1) is 12.8 Å². The van der Waals surface area contributed by atoms with Gasteiger partial charge in [-0.2, -0.15) is 0 Å². The van der Waals surface area contributed by atoms with Crippen LogP contribution in [-0.2, 0) is 21.3 Å². The number of hydrogen-bond acceptors (Lipinski definition) is 6. The predicted molar refractivity (Wildman–Crippen MR) is 128 cm³/mol. The summed E-state index contributed by atoms with van der Waals surface area (Å²) in [6.07, 6.45) is 0.866. The number of aryl methyl sites for hydroxylation is 1. The van der Waals surface area contributed by atoms with Crippen LogP contribution < -0.4 is 15.4 Å². The number of rotatable bonds is 9. The zero-order valence-corrected chi connectivity index (χ0v) is 19.9. The van der Waals surface area contributed by atoms with Gasteiger partial charge in [-0.3, -0.25) is 10.1 Å². The van der Waals surface area contributed by atoms with Crippen LogP contribution in [0.5, 0.6) is 0 Å². The van der Waals surface area contributed by atoms with E-state index in [-0.39, 0.29) is 29.5 Å². The molecule has 1 heterocycles. The van der Waals surface area contributed by atoms with Crippen molar-refractivity contribution in [3.63, 3.8) is 0 Å².